The summed E-state index contributed by atoms with van der Waals surface area (Å²) in [5, 5.41) is 10.9. The number of hydrogen-bond donors (Lipinski definition) is 0. The molecule has 2 aromatic carbocycles. The van der Waals surface area contributed by atoms with Crippen molar-refractivity contribution < 1.29 is 9.34 Å². The van der Waals surface area contributed by atoms with Crippen molar-refractivity contribution in [2.45, 2.75) is 24.8 Å². The minimum atomic E-state index is -0.481. The molecule has 0 N–H and O–H groups in total. The molecule has 1 aromatic heterocycles. The van der Waals surface area contributed by atoms with Gasteiger partial charge in [0.1, 0.15) is 0 Å². The number of thioether (sulfide) groups is 1. The number of non-ortho nitro benzene ring substituents is 1. The number of fused-ring (bicyclic) bond motifs is 1. The summed E-state index contributed by atoms with van der Waals surface area (Å²) in [6, 6.07) is 12.5. The Kier molecular flexibility index (Phi) is 4.71. The van der Waals surface area contributed by atoms with Gasteiger partial charge in [0, 0.05) is 23.6 Å². The summed E-state index contributed by atoms with van der Waals surface area (Å²) >= 11 is 1.72. The van der Waals surface area contributed by atoms with Crippen LogP contribution in [0.25, 0.3) is 11.1 Å². The third-order valence-corrected chi connectivity index (χ3v) is 4.78. The van der Waals surface area contributed by atoms with E-state index in [0.29, 0.717) is 17.6 Å². The highest BCUT2D eigenvalue weighted by Gasteiger charge is 2.13. The third kappa shape index (κ3) is 3.51. The smallest absolute Gasteiger partial charge is 0.408 e. The maximum absolute atomic E-state index is 11.9. The zero-order valence-electron chi connectivity index (χ0n) is 13.1. The fraction of sp³-hybridized carbons (Fsp3) is 0.235. The Morgan fingerprint density at radius 3 is 2.67 bits per heavy atom. The van der Waals surface area contributed by atoms with E-state index in [9.17, 15) is 14.9 Å². The molecule has 1 heterocycles. The van der Waals surface area contributed by atoms with Crippen molar-refractivity contribution in [3.8, 4) is 0 Å². The Hall–Kier alpha value is -2.54. The van der Waals surface area contributed by atoms with Crippen molar-refractivity contribution in [1.29, 1.82) is 0 Å². The van der Waals surface area contributed by atoms with Gasteiger partial charge in [0.25, 0.3) is 5.69 Å². The van der Waals surface area contributed by atoms with Crippen LogP contribution in [-0.4, -0.2) is 15.2 Å². The summed E-state index contributed by atoms with van der Waals surface area (Å²) in [5.41, 5.74) is 2.01. The van der Waals surface area contributed by atoms with E-state index in [1.165, 1.54) is 33.2 Å². The van der Waals surface area contributed by atoms with E-state index < -0.39 is 10.7 Å². The highest BCUT2D eigenvalue weighted by molar-refractivity contribution is 7.99. The van der Waals surface area contributed by atoms with Crippen molar-refractivity contribution in [1.82, 2.24) is 4.57 Å². The molecule has 0 atom stereocenters. The third-order valence-electron chi connectivity index (χ3n) is 3.68. The molecule has 0 radical (unpaired) electrons. The van der Waals surface area contributed by atoms with Crippen molar-refractivity contribution >= 4 is 28.5 Å². The van der Waals surface area contributed by atoms with E-state index in [0.717, 1.165) is 12.2 Å². The molecule has 0 aliphatic carbocycles. The number of nitro benzene ring substituents is 1. The lowest BCUT2D eigenvalue weighted by Crippen LogP contribution is -2.14. The summed E-state index contributed by atoms with van der Waals surface area (Å²) in [6.07, 6.45) is 0.760. The maximum atomic E-state index is 11.9. The van der Waals surface area contributed by atoms with Gasteiger partial charge in [-0.15, -0.1) is 11.8 Å². The molecular weight excluding hydrogens is 328 g/mol. The summed E-state index contributed by atoms with van der Waals surface area (Å²) < 4.78 is 6.60. The monoisotopic (exact) mass is 344 g/mol. The van der Waals surface area contributed by atoms with E-state index in [1.807, 2.05) is 6.92 Å². The zero-order valence-corrected chi connectivity index (χ0v) is 13.9. The van der Waals surface area contributed by atoms with Crippen LogP contribution in [-0.2, 0) is 6.54 Å². The predicted octanol–water partition coefficient (Wildman–Crippen LogP) is 3.99. The topological polar surface area (TPSA) is 78.3 Å². The SMILES string of the molecule is Cc1ccc(SCCCn2c(=O)oc3ccc([N+](=O)[O-])cc32)cc1. The van der Waals surface area contributed by atoms with Crippen LogP contribution in [0, 0.1) is 17.0 Å². The molecule has 7 heteroatoms. The highest BCUT2D eigenvalue weighted by Crippen LogP contribution is 2.22. The highest BCUT2D eigenvalue weighted by atomic mass is 32.2. The average molecular weight is 344 g/mol. The Balaban J connectivity index is 1.69. The lowest BCUT2D eigenvalue weighted by Gasteiger charge is -2.03. The summed E-state index contributed by atoms with van der Waals surface area (Å²) in [4.78, 5) is 23.5. The van der Waals surface area contributed by atoms with Gasteiger partial charge in [-0.2, -0.15) is 0 Å². The molecule has 0 aliphatic heterocycles. The van der Waals surface area contributed by atoms with Crippen LogP contribution in [0.5, 0.6) is 0 Å². The molecule has 0 unspecified atom stereocenters. The number of benzene rings is 2. The van der Waals surface area contributed by atoms with E-state index >= 15 is 0 Å². The van der Waals surface area contributed by atoms with Gasteiger partial charge in [-0.05, 0) is 37.3 Å². The lowest BCUT2D eigenvalue weighted by atomic mass is 10.2. The van der Waals surface area contributed by atoms with Gasteiger partial charge in [-0.3, -0.25) is 14.7 Å². The number of nitrogens with zero attached hydrogens (tertiary/aromatic N) is 2. The molecule has 124 valence electrons. The molecular formula is C17H16N2O4S. The Labute approximate surface area is 142 Å². The van der Waals surface area contributed by atoms with E-state index in [1.54, 1.807) is 11.8 Å². The number of aryl methyl sites for hydroxylation is 2. The molecule has 0 saturated heterocycles. The maximum Gasteiger partial charge on any atom is 0.419 e. The molecule has 0 aliphatic rings. The normalized spacial score (nSPS) is 11.0. The van der Waals surface area contributed by atoms with Gasteiger partial charge in [-0.1, -0.05) is 17.7 Å². The van der Waals surface area contributed by atoms with E-state index in [2.05, 4.69) is 24.3 Å². The van der Waals surface area contributed by atoms with Crippen LogP contribution in [0.15, 0.2) is 56.6 Å². The molecule has 3 aromatic rings. The van der Waals surface area contributed by atoms with Crippen LogP contribution in [0.3, 0.4) is 0 Å². The summed E-state index contributed by atoms with van der Waals surface area (Å²) in [5.74, 6) is 0.364. The molecule has 0 amide bonds. The second-order valence-corrected chi connectivity index (χ2v) is 6.61. The second-order valence-electron chi connectivity index (χ2n) is 5.44. The quantitative estimate of drug-likeness (QED) is 0.292. The minimum Gasteiger partial charge on any atom is -0.408 e. The first-order valence-electron chi connectivity index (χ1n) is 7.52. The lowest BCUT2D eigenvalue weighted by molar-refractivity contribution is -0.384. The first-order chi connectivity index (χ1) is 11.5. The van der Waals surface area contributed by atoms with Gasteiger partial charge in [0.2, 0.25) is 0 Å². The van der Waals surface area contributed by atoms with Crippen LogP contribution in [0.1, 0.15) is 12.0 Å². The van der Waals surface area contributed by atoms with E-state index in [-0.39, 0.29) is 5.69 Å². The zero-order chi connectivity index (χ0) is 17.1. The fourth-order valence-electron chi connectivity index (χ4n) is 2.42. The van der Waals surface area contributed by atoms with Gasteiger partial charge >= 0.3 is 5.76 Å². The van der Waals surface area contributed by atoms with Crippen molar-refractivity contribution in [3.63, 3.8) is 0 Å². The van der Waals surface area contributed by atoms with Crippen LogP contribution < -0.4 is 5.76 Å². The van der Waals surface area contributed by atoms with Gasteiger partial charge < -0.3 is 4.42 Å². The summed E-state index contributed by atoms with van der Waals surface area (Å²) in [7, 11) is 0. The standard InChI is InChI=1S/C17H16N2O4S/c1-12-3-6-14(7-4-12)24-10-2-9-18-15-11-13(19(21)22)5-8-16(15)23-17(18)20/h3-8,11H,2,9-10H2,1H3. The van der Waals surface area contributed by atoms with Gasteiger partial charge in [0.15, 0.2) is 5.58 Å². The number of nitro groups is 1. The molecule has 24 heavy (non-hydrogen) atoms. The van der Waals surface area contributed by atoms with Gasteiger partial charge in [0.05, 0.1) is 10.4 Å². The molecule has 0 fully saturated rings. The molecule has 6 nitrogen and oxygen atoms in total. The molecule has 0 bridgehead atoms. The van der Waals surface area contributed by atoms with Crippen LogP contribution in [0.4, 0.5) is 5.69 Å². The van der Waals surface area contributed by atoms with Gasteiger partial charge in [-0.25, -0.2) is 4.79 Å². The number of hydrogen-bond acceptors (Lipinski definition) is 5. The largest absolute Gasteiger partial charge is 0.419 e. The summed E-state index contributed by atoms with van der Waals surface area (Å²) in [6.45, 7) is 2.51. The predicted molar refractivity (Wildman–Crippen MR) is 93.6 cm³/mol. The number of aromatic nitrogens is 1. The average Bonchev–Trinajstić information content (AvgIpc) is 2.88. The number of rotatable bonds is 6. The molecule has 0 saturated carbocycles. The van der Waals surface area contributed by atoms with Crippen molar-refractivity contribution in [2.24, 2.45) is 0 Å². The van der Waals surface area contributed by atoms with Crippen molar-refractivity contribution in [2.75, 3.05) is 5.75 Å². The molecule has 0 spiro atoms. The first kappa shape index (κ1) is 16.3. The Morgan fingerprint density at radius 1 is 1.21 bits per heavy atom. The second kappa shape index (κ2) is 6.92. The minimum absolute atomic E-state index is 0.0499. The molecule has 3 rings (SSSR count). The Morgan fingerprint density at radius 2 is 1.96 bits per heavy atom. The van der Waals surface area contributed by atoms with Crippen molar-refractivity contribution in [3.05, 3.63) is 68.7 Å². The van der Waals surface area contributed by atoms with E-state index in [4.69, 9.17) is 4.42 Å². The van der Waals surface area contributed by atoms with Crippen LogP contribution in [0.2, 0.25) is 0 Å². The first-order valence-corrected chi connectivity index (χ1v) is 8.50. The Bertz CT molecular complexity index is 928. The van der Waals surface area contributed by atoms with Crippen LogP contribution >= 0.6 is 11.8 Å². The number of oxazole rings is 1. The fourth-order valence-corrected chi connectivity index (χ4v) is 3.26.